The smallest absolute Gasteiger partial charge is 0.320 e. The van der Waals surface area contributed by atoms with Gasteiger partial charge in [0.15, 0.2) is 0 Å². The average molecular weight is 345 g/mol. The maximum absolute atomic E-state index is 12.4. The number of amides is 2. The van der Waals surface area contributed by atoms with Crippen LogP contribution in [0.15, 0.2) is 16.8 Å². The predicted molar refractivity (Wildman–Crippen MR) is 95.6 cm³/mol. The van der Waals surface area contributed by atoms with Gasteiger partial charge in [-0.2, -0.15) is 5.10 Å². The Balaban J connectivity index is 1.57. The van der Waals surface area contributed by atoms with Gasteiger partial charge in [0, 0.05) is 17.7 Å². The van der Waals surface area contributed by atoms with E-state index in [1.54, 1.807) is 6.20 Å². The number of aromatic nitrogens is 3. The summed E-state index contributed by atoms with van der Waals surface area (Å²) >= 11 is 0. The second kappa shape index (κ2) is 7.72. The lowest BCUT2D eigenvalue weighted by atomic mass is 9.96. The molecule has 0 radical (unpaired) electrons. The van der Waals surface area contributed by atoms with Crippen LogP contribution in [0.2, 0.25) is 0 Å². The monoisotopic (exact) mass is 345 g/mol. The summed E-state index contributed by atoms with van der Waals surface area (Å²) in [5.41, 5.74) is 1.93. The van der Waals surface area contributed by atoms with Crippen molar-refractivity contribution in [1.29, 1.82) is 0 Å². The number of hydrogen-bond acceptors (Lipinski definition) is 4. The van der Waals surface area contributed by atoms with Crippen molar-refractivity contribution >= 4 is 11.8 Å². The number of nitrogens with zero attached hydrogens (tertiary/aromatic N) is 3. The molecule has 2 heterocycles. The van der Waals surface area contributed by atoms with Crippen molar-refractivity contribution in [2.75, 3.05) is 5.32 Å². The molecule has 0 saturated heterocycles. The number of aryl methyl sites for hydroxylation is 2. The van der Waals surface area contributed by atoms with E-state index in [-0.39, 0.29) is 12.1 Å². The van der Waals surface area contributed by atoms with Crippen molar-refractivity contribution < 1.29 is 9.32 Å². The van der Waals surface area contributed by atoms with E-state index in [0.717, 1.165) is 35.7 Å². The molecule has 0 unspecified atom stereocenters. The summed E-state index contributed by atoms with van der Waals surface area (Å²) in [6.07, 6.45) is 8.43. The SMILES string of the molecule is Cc1noc(C)c1C[C@H](C)NC(=O)Nc1ccnn1C1CCCCC1. The van der Waals surface area contributed by atoms with Gasteiger partial charge < -0.3 is 9.84 Å². The molecule has 2 aromatic heterocycles. The van der Waals surface area contributed by atoms with Crippen LogP contribution in [0.25, 0.3) is 0 Å². The summed E-state index contributed by atoms with van der Waals surface area (Å²) in [7, 11) is 0. The Kier molecular flexibility index (Phi) is 5.40. The van der Waals surface area contributed by atoms with Crippen molar-refractivity contribution in [2.24, 2.45) is 0 Å². The molecule has 2 aromatic rings. The molecule has 2 amide bonds. The van der Waals surface area contributed by atoms with E-state index in [2.05, 4.69) is 20.9 Å². The molecule has 1 atom stereocenters. The molecule has 0 spiro atoms. The second-order valence-electron chi connectivity index (χ2n) is 6.96. The van der Waals surface area contributed by atoms with Crippen LogP contribution < -0.4 is 10.6 Å². The number of nitrogens with one attached hydrogen (secondary N) is 2. The fourth-order valence-electron chi connectivity index (χ4n) is 3.56. The zero-order chi connectivity index (χ0) is 17.8. The zero-order valence-electron chi connectivity index (χ0n) is 15.2. The lowest BCUT2D eigenvalue weighted by Gasteiger charge is -2.24. The van der Waals surface area contributed by atoms with Gasteiger partial charge in [0.25, 0.3) is 0 Å². The molecule has 136 valence electrons. The van der Waals surface area contributed by atoms with Crippen LogP contribution in [0, 0.1) is 13.8 Å². The summed E-state index contributed by atoms with van der Waals surface area (Å²) in [4.78, 5) is 12.4. The van der Waals surface area contributed by atoms with E-state index in [1.807, 2.05) is 31.5 Å². The third-order valence-electron chi connectivity index (χ3n) is 4.90. The maximum Gasteiger partial charge on any atom is 0.320 e. The minimum Gasteiger partial charge on any atom is -0.361 e. The van der Waals surface area contributed by atoms with Crippen molar-refractivity contribution in [3.63, 3.8) is 0 Å². The summed E-state index contributed by atoms with van der Waals surface area (Å²) in [5, 5.41) is 14.3. The molecular formula is C18H27N5O2. The molecule has 7 nitrogen and oxygen atoms in total. The third-order valence-corrected chi connectivity index (χ3v) is 4.90. The average Bonchev–Trinajstić information content (AvgIpc) is 3.17. The van der Waals surface area contributed by atoms with E-state index in [1.165, 1.54) is 19.3 Å². The molecule has 1 aliphatic carbocycles. The number of carbonyl (C=O) groups excluding carboxylic acids is 1. The van der Waals surface area contributed by atoms with E-state index < -0.39 is 0 Å². The van der Waals surface area contributed by atoms with Gasteiger partial charge in [0.2, 0.25) is 0 Å². The van der Waals surface area contributed by atoms with Crippen molar-refractivity contribution in [2.45, 2.75) is 71.4 Å². The van der Waals surface area contributed by atoms with Crippen molar-refractivity contribution in [3.8, 4) is 0 Å². The quantitative estimate of drug-likeness (QED) is 0.864. The molecule has 0 aromatic carbocycles. The second-order valence-corrected chi connectivity index (χ2v) is 6.96. The van der Waals surface area contributed by atoms with Crippen LogP contribution in [-0.2, 0) is 6.42 Å². The van der Waals surface area contributed by atoms with Crippen LogP contribution in [0.4, 0.5) is 10.6 Å². The Hall–Kier alpha value is -2.31. The van der Waals surface area contributed by atoms with Crippen molar-refractivity contribution in [3.05, 3.63) is 29.3 Å². The minimum atomic E-state index is -0.211. The fourth-order valence-corrected chi connectivity index (χ4v) is 3.56. The van der Waals surface area contributed by atoms with Crippen LogP contribution in [0.5, 0.6) is 0 Å². The van der Waals surface area contributed by atoms with E-state index >= 15 is 0 Å². The number of urea groups is 1. The van der Waals surface area contributed by atoms with Crippen molar-refractivity contribution in [1.82, 2.24) is 20.3 Å². The van der Waals surface area contributed by atoms with Gasteiger partial charge >= 0.3 is 6.03 Å². The molecule has 0 bridgehead atoms. The van der Waals surface area contributed by atoms with E-state index in [4.69, 9.17) is 4.52 Å². The number of carbonyl (C=O) groups is 1. The summed E-state index contributed by atoms with van der Waals surface area (Å²) in [5.74, 6) is 1.57. The topological polar surface area (TPSA) is 85.0 Å². The maximum atomic E-state index is 12.4. The highest BCUT2D eigenvalue weighted by molar-refractivity contribution is 5.88. The first-order chi connectivity index (χ1) is 12.0. The molecular weight excluding hydrogens is 318 g/mol. The van der Waals surface area contributed by atoms with E-state index in [9.17, 15) is 4.79 Å². The van der Waals surface area contributed by atoms with Gasteiger partial charge in [-0.25, -0.2) is 9.48 Å². The summed E-state index contributed by atoms with van der Waals surface area (Å²) < 4.78 is 7.14. The Morgan fingerprint density at radius 3 is 2.80 bits per heavy atom. The normalized spacial score (nSPS) is 16.6. The minimum absolute atomic E-state index is 0.0251. The Morgan fingerprint density at radius 2 is 2.12 bits per heavy atom. The molecule has 2 N–H and O–H groups in total. The van der Waals surface area contributed by atoms with Crippen LogP contribution in [-0.4, -0.2) is 27.0 Å². The Labute approximate surface area is 148 Å². The Morgan fingerprint density at radius 1 is 1.36 bits per heavy atom. The van der Waals surface area contributed by atoms with E-state index in [0.29, 0.717) is 12.5 Å². The van der Waals surface area contributed by atoms with Gasteiger partial charge in [0.1, 0.15) is 11.6 Å². The molecule has 25 heavy (non-hydrogen) atoms. The number of anilines is 1. The van der Waals surface area contributed by atoms with Gasteiger partial charge in [-0.15, -0.1) is 0 Å². The highest BCUT2D eigenvalue weighted by Gasteiger charge is 2.20. The fraction of sp³-hybridized carbons (Fsp3) is 0.611. The molecule has 3 rings (SSSR count). The number of rotatable bonds is 5. The lowest BCUT2D eigenvalue weighted by molar-refractivity contribution is 0.248. The van der Waals surface area contributed by atoms with Gasteiger partial charge in [0.05, 0.1) is 17.9 Å². The molecule has 0 aliphatic heterocycles. The molecule has 1 fully saturated rings. The summed E-state index contributed by atoms with van der Waals surface area (Å²) in [6.45, 7) is 5.79. The first kappa shape index (κ1) is 17.5. The first-order valence-electron chi connectivity index (χ1n) is 9.07. The van der Waals surface area contributed by atoms with Gasteiger partial charge in [-0.1, -0.05) is 24.4 Å². The van der Waals surface area contributed by atoms with Crippen LogP contribution >= 0.6 is 0 Å². The first-order valence-corrected chi connectivity index (χ1v) is 9.07. The molecule has 1 saturated carbocycles. The van der Waals surface area contributed by atoms with Gasteiger partial charge in [-0.05, 0) is 40.0 Å². The standard InChI is InChI=1S/C18H27N5O2/c1-12(11-16-13(2)22-25-14(16)3)20-18(24)21-17-9-10-19-23(17)15-7-5-4-6-8-15/h9-10,12,15H,4-8,11H2,1-3H3,(H2,20,21,24)/t12-/m0/s1. The van der Waals surface area contributed by atoms with Crippen LogP contribution in [0.3, 0.4) is 0 Å². The lowest BCUT2D eigenvalue weighted by Crippen LogP contribution is -2.38. The highest BCUT2D eigenvalue weighted by atomic mass is 16.5. The molecule has 1 aliphatic rings. The summed E-state index contributed by atoms with van der Waals surface area (Å²) in [6, 6.07) is 2.01. The number of hydrogen-bond donors (Lipinski definition) is 2. The Bertz CT molecular complexity index is 695. The predicted octanol–water partition coefficient (Wildman–Crippen LogP) is 3.75. The molecule has 7 heteroatoms. The largest absolute Gasteiger partial charge is 0.361 e. The highest BCUT2D eigenvalue weighted by Crippen LogP contribution is 2.29. The zero-order valence-corrected chi connectivity index (χ0v) is 15.2. The van der Waals surface area contributed by atoms with Crippen LogP contribution in [0.1, 0.15) is 62.1 Å². The van der Waals surface area contributed by atoms with Gasteiger partial charge in [-0.3, -0.25) is 5.32 Å². The third kappa shape index (κ3) is 4.21.